The Morgan fingerprint density at radius 1 is 1.14 bits per heavy atom. The first-order valence-electron chi connectivity index (χ1n) is 6.65. The number of carbonyl (C=O) groups excluding carboxylic acids is 1. The highest BCUT2D eigenvalue weighted by molar-refractivity contribution is 9.10. The summed E-state index contributed by atoms with van der Waals surface area (Å²) in [4.78, 5) is 16.2. The number of nitrogens with zero attached hydrogens (tertiary/aromatic N) is 1. The van der Waals surface area contributed by atoms with E-state index in [1.807, 2.05) is 57.2 Å². The molecule has 0 spiro atoms. The lowest BCUT2D eigenvalue weighted by atomic mass is 9.96. The van der Waals surface area contributed by atoms with E-state index in [4.69, 9.17) is 0 Å². The maximum absolute atomic E-state index is 11.9. The van der Waals surface area contributed by atoms with Gasteiger partial charge in [0, 0.05) is 9.89 Å². The molecule has 0 unspecified atom stereocenters. The largest absolute Gasteiger partial charge is 0.339 e. The molecule has 21 heavy (non-hydrogen) atoms. The Morgan fingerprint density at radius 3 is 2.43 bits per heavy atom. The first-order chi connectivity index (χ1) is 9.86. The standard InChI is InChI=1S/C16H18BrN3O/c1-16(2,3)15(21)19-11-8-9-14(18-10-11)20-13-7-5-4-6-12(13)17/h4-10H,1-3H3,(H,18,20)(H,19,21). The van der Waals surface area contributed by atoms with Crippen LogP contribution in [0.2, 0.25) is 0 Å². The van der Waals surface area contributed by atoms with E-state index in [9.17, 15) is 4.79 Å². The summed E-state index contributed by atoms with van der Waals surface area (Å²) in [5.74, 6) is 0.687. The molecule has 4 nitrogen and oxygen atoms in total. The summed E-state index contributed by atoms with van der Waals surface area (Å²) >= 11 is 3.48. The van der Waals surface area contributed by atoms with Crippen LogP contribution < -0.4 is 10.6 Å². The van der Waals surface area contributed by atoms with Gasteiger partial charge < -0.3 is 10.6 Å². The summed E-state index contributed by atoms with van der Waals surface area (Å²) in [7, 11) is 0. The van der Waals surface area contributed by atoms with Crippen molar-refractivity contribution in [2.45, 2.75) is 20.8 Å². The number of para-hydroxylation sites is 1. The summed E-state index contributed by atoms with van der Waals surface area (Å²) < 4.78 is 0.969. The fourth-order valence-corrected chi connectivity index (χ4v) is 1.94. The van der Waals surface area contributed by atoms with Crippen molar-refractivity contribution >= 4 is 39.0 Å². The summed E-state index contributed by atoms with van der Waals surface area (Å²) in [5.41, 5.74) is 1.20. The summed E-state index contributed by atoms with van der Waals surface area (Å²) in [6.07, 6.45) is 1.64. The molecule has 0 bridgehead atoms. The van der Waals surface area contributed by atoms with Crippen molar-refractivity contribution in [2.24, 2.45) is 5.41 Å². The van der Waals surface area contributed by atoms with Gasteiger partial charge in [0.1, 0.15) is 5.82 Å². The monoisotopic (exact) mass is 347 g/mol. The summed E-state index contributed by atoms with van der Waals surface area (Å²) in [5, 5.41) is 6.06. The van der Waals surface area contributed by atoms with Crippen LogP contribution in [0.4, 0.5) is 17.2 Å². The molecule has 110 valence electrons. The molecule has 0 aliphatic rings. The van der Waals surface area contributed by atoms with E-state index in [1.54, 1.807) is 6.20 Å². The molecule has 1 aromatic carbocycles. The number of carbonyl (C=O) groups is 1. The number of rotatable bonds is 3. The first-order valence-corrected chi connectivity index (χ1v) is 7.44. The molecule has 1 aromatic heterocycles. The molecule has 2 N–H and O–H groups in total. The van der Waals surface area contributed by atoms with E-state index in [0.29, 0.717) is 5.69 Å². The molecule has 2 aromatic rings. The van der Waals surface area contributed by atoms with Crippen molar-refractivity contribution in [3.63, 3.8) is 0 Å². The van der Waals surface area contributed by atoms with Crippen LogP contribution in [0.5, 0.6) is 0 Å². The van der Waals surface area contributed by atoms with Gasteiger partial charge in [0.05, 0.1) is 17.6 Å². The Morgan fingerprint density at radius 2 is 1.86 bits per heavy atom. The second kappa shape index (κ2) is 6.26. The van der Waals surface area contributed by atoms with E-state index in [2.05, 4.69) is 31.5 Å². The zero-order valence-electron chi connectivity index (χ0n) is 12.3. The molecule has 0 aliphatic carbocycles. The van der Waals surface area contributed by atoms with Crippen molar-refractivity contribution in [1.29, 1.82) is 0 Å². The van der Waals surface area contributed by atoms with Gasteiger partial charge in [-0.05, 0) is 40.2 Å². The van der Waals surface area contributed by atoms with Gasteiger partial charge in [0.2, 0.25) is 5.91 Å². The fourth-order valence-electron chi connectivity index (χ4n) is 1.56. The van der Waals surface area contributed by atoms with E-state index in [1.165, 1.54) is 0 Å². The zero-order valence-corrected chi connectivity index (χ0v) is 13.9. The number of amides is 1. The first kappa shape index (κ1) is 15.5. The highest BCUT2D eigenvalue weighted by Crippen LogP contribution is 2.25. The Kier molecular flexibility index (Phi) is 4.63. The molecule has 0 fully saturated rings. The van der Waals surface area contributed by atoms with Crippen molar-refractivity contribution in [3.05, 3.63) is 47.1 Å². The van der Waals surface area contributed by atoms with E-state index in [0.717, 1.165) is 16.0 Å². The van der Waals surface area contributed by atoms with Crippen molar-refractivity contribution < 1.29 is 4.79 Å². The lowest BCUT2D eigenvalue weighted by Gasteiger charge is -2.17. The quantitative estimate of drug-likeness (QED) is 0.854. The molecular weight excluding hydrogens is 330 g/mol. The predicted octanol–water partition coefficient (Wildman–Crippen LogP) is 4.57. The molecule has 1 heterocycles. The summed E-state index contributed by atoms with van der Waals surface area (Å²) in [6, 6.07) is 11.5. The molecule has 0 saturated heterocycles. The van der Waals surface area contributed by atoms with E-state index < -0.39 is 5.41 Å². The van der Waals surface area contributed by atoms with Crippen LogP contribution in [-0.4, -0.2) is 10.9 Å². The Bertz CT molecular complexity index is 633. The minimum Gasteiger partial charge on any atom is -0.339 e. The molecule has 5 heteroatoms. The Balaban J connectivity index is 2.06. The Hall–Kier alpha value is -1.88. The smallest absolute Gasteiger partial charge is 0.229 e. The second-order valence-electron chi connectivity index (χ2n) is 5.74. The third-order valence-electron chi connectivity index (χ3n) is 2.84. The maximum Gasteiger partial charge on any atom is 0.229 e. The molecule has 1 amide bonds. The average Bonchev–Trinajstić information content (AvgIpc) is 2.42. The minimum atomic E-state index is -0.425. The highest BCUT2D eigenvalue weighted by Gasteiger charge is 2.21. The van der Waals surface area contributed by atoms with Gasteiger partial charge >= 0.3 is 0 Å². The Labute approximate surface area is 133 Å². The van der Waals surface area contributed by atoms with Crippen molar-refractivity contribution in [2.75, 3.05) is 10.6 Å². The van der Waals surface area contributed by atoms with E-state index in [-0.39, 0.29) is 5.91 Å². The van der Waals surface area contributed by atoms with Gasteiger partial charge in [-0.1, -0.05) is 32.9 Å². The minimum absolute atomic E-state index is 0.0317. The molecular formula is C16H18BrN3O. The van der Waals surface area contributed by atoms with Crippen LogP contribution in [0.25, 0.3) is 0 Å². The molecule has 0 aliphatic heterocycles. The second-order valence-corrected chi connectivity index (χ2v) is 6.60. The number of hydrogen-bond acceptors (Lipinski definition) is 3. The molecule has 0 atom stereocenters. The molecule has 0 radical (unpaired) electrons. The fraction of sp³-hybridized carbons (Fsp3) is 0.250. The van der Waals surface area contributed by atoms with Gasteiger partial charge in [0.15, 0.2) is 0 Å². The zero-order chi connectivity index (χ0) is 15.5. The van der Waals surface area contributed by atoms with Crippen molar-refractivity contribution in [3.8, 4) is 0 Å². The SMILES string of the molecule is CC(C)(C)C(=O)Nc1ccc(Nc2ccccc2Br)nc1. The number of pyridine rings is 1. The van der Waals surface area contributed by atoms with Crippen molar-refractivity contribution in [1.82, 2.24) is 4.98 Å². The third kappa shape index (κ3) is 4.29. The van der Waals surface area contributed by atoms with Crippen LogP contribution in [0.15, 0.2) is 47.1 Å². The lowest BCUT2D eigenvalue weighted by molar-refractivity contribution is -0.123. The van der Waals surface area contributed by atoms with Gasteiger partial charge in [-0.3, -0.25) is 4.79 Å². The molecule has 0 saturated carbocycles. The molecule has 2 rings (SSSR count). The third-order valence-corrected chi connectivity index (χ3v) is 3.53. The van der Waals surface area contributed by atoms with Gasteiger partial charge in [0.25, 0.3) is 0 Å². The normalized spacial score (nSPS) is 11.0. The van der Waals surface area contributed by atoms with Crippen LogP contribution in [0.3, 0.4) is 0 Å². The van der Waals surface area contributed by atoms with Gasteiger partial charge in [-0.25, -0.2) is 4.98 Å². The van der Waals surface area contributed by atoms with E-state index >= 15 is 0 Å². The number of nitrogens with one attached hydrogen (secondary N) is 2. The average molecular weight is 348 g/mol. The van der Waals surface area contributed by atoms with Gasteiger partial charge in [-0.15, -0.1) is 0 Å². The predicted molar refractivity (Wildman–Crippen MR) is 89.7 cm³/mol. The maximum atomic E-state index is 11.9. The number of anilines is 3. The van der Waals surface area contributed by atoms with Crippen LogP contribution in [0.1, 0.15) is 20.8 Å². The van der Waals surface area contributed by atoms with Crippen LogP contribution in [0, 0.1) is 5.41 Å². The highest BCUT2D eigenvalue weighted by atomic mass is 79.9. The summed E-state index contributed by atoms with van der Waals surface area (Å²) in [6.45, 7) is 5.62. The van der Waals surface area contributed by atoms with Gasteiger partial charge in [-0.2, -0.15) is 0 Å². The lowest BCUT2D eigenvalue weighted by Crippen LogP contribution is -2.27. The van der Waals surface area contributed by atoms with Crippen LogP contribution in [-0.2, 0) is 4.79 Å². The number of halogens is 1. The number of aromatic nitrogens is 1. The van der Waals surface area contributed by atoms with Crippen LogP contribution >= 0.6 is 15.9 Å². The number of benzene rings is 1. The topological polar surface area (TPSA) is 54.0 Å². The number of hydrogen-bond donors (Lipinski definition) is 2.